The number of anilines is 2. The molecule has 0 spiro atoms. The number of rotatable bonds is 3. The number of thiocarbonyl (C=S) groups is 1. The molecule has 0 radical (unpaired) electrons. The van der Waals surface area contributed by atoms with Crippen molar-refractivity contribution in [2.45, 2.75) is 0 Å². The molecule has 0 unspecified atom stereocenters. The number of nitrogens with zero attached hydrogens (tertiary/aromatic N) is 2. The van der Waals surface area contributed by atoms with Gasteiger partial charge in [-0.15, -0.1) is 10.2 Å². The fourth-order valence-corrected chi connectivity index (χ4v) is 2.39. The molecular formula is C17H13ClN4S. The molecule has 0 aliphatic rings. The van der Waals surface area contributed by atoms with Crippen LogP contribution in [0.25, 0.3) is 11.3 Å². The van der Waals surface area contributed by atoms with Crippen LogP contribution >= 0.6 is 23.8 Å². The van der Waals surface area contributed by atoms with Gasteiger partial charge in [0, 0.05) is 5.56 Å². The second-order valence-electron chi connectivity index (χ2n) is 4.73. The van der Waals surface area contributed by atoms with Gasteiger partial charge in [-0.3, -0.25) is 0 Å². The Hall–Kier alpha value is -2.50. The average molecular weight is 341 g/mol. The molecule has 1 heterocycles. The maximum absolute atomic E-state index is 6.08. The third-order valence-corrected chi connectivity index (χ3v) is 3.63. The smallest absolute Gasteiger partial charge is 0.176 e. The summed E-state index contributed by atoms with van der Waals surface area (Å²) in [4.78, 5) is 0. The van der Waals surface area contributed by atoms with E-state index in [0.717, 1.165) is 16.9 Å². The zero-order valence-corrected chi connectivity index (χ0v) is 13.6. The topological polar surface area (TPSA) is 49.8 Å². The summed E-state index contributed by atoms with van der Waals surface area (Å²) < 4.78 is 0. The molecule has 2 aromatic carbocycles. The normalized spacial score (nSPS) is 10.1. The lowest BCUT2D eigenvalue weighted by Gasteiger charge is -2.10. The summed E-state index contributed by atoms with van der Waals surface area (Å²) in [5.74, 6) is 0.564. The third kappa shape index (κ3) is 4.03. The number of aromatic nitrogens is 2. The largest absolute Gasteiger partial charge is 0.331 e. The monoisotopic (exact) mass is 340 g/mol. The van der Waals surface area contributed by atoms with E-state index >= 15 is 0 Å². The van der Waals surface area contributed by atoms with Gasteiger partial charge in [0.25, 0.3) is 0 Å². The minimum absolute atomic E-state index is 0.403. The molecule has 23 heavy (non-hydrogen) atoms. The van der Waals surface area contributed by atoms with E-state index in [1.165, 1.54) is 0 Å². The van der Waals surface area contributed by atoms with Crippen LogP contribution in [0, 0.1) is 0 Å². The van der Waals surface area contributed by atoms with E-state index in [9.17, 15) is 0 Å². The van der Waals surface area contributed by atoms with E-state index in [4.69, 9.17) is 23.8 Å². The van der Waals surface area contributed by atoms with E-state index in [1.54, 1.807) is 6.07 Å². The number of hydrogen-bond donors (Lipinski definition) is 2. The van der Waals surface area contributed by atoms with Crippen molar-refractivity contribution in [3.63, 3.8) is 0 Å². The predicted molar refractivity (Wildman–Crippen MR) is 98.8 cm³/mol. The molecule has 0 aliphatic carbocycles. The van der Waals surface area contributed by atoms with E-state index in [-0.39, 0.29) is 0 Å². The highest BCUT2D eigenvalue weighted by atomic mass is 35.5. The second-order valence-corrected chi connectivity index (χ2v) is 5.54. The minimum Gasteiger partial charge on any atom is -0.331 e. The molecule has 0 bridgehead atoms. The molecule has 0 fully saturated rings. The summed E-state index contributed by atoms with van der Waals surface area (Å²) in [6, 6.07) is 21.0. The summed E-state index contributed by atoms with van der Waals surface area (Å²) in [6.07, 6.45) is 0. The Morgan fingerprint density at radius 1 is 0.826 bits per heavy atom. The van der Waals surface area contributed by atoms with E-state index in [1.807, 2.05) is 60.7 Å². The van der Waals surface area contributed by atoms with Gasteiger partial charge in [0.1, 0.15) is 0 Å². The molecule has 0 amide bonds. The van der Waals surface area contributed by atoms with Crippen molar-refractivity contribution in [2.24, 2.45) is 0 Å². The standard InChI is InChI=1S/C17H13ClN4S/c18-13-8-4-5-9-15(13)19-17(23)20-16-11-10-14(21-22-16)12-6-2-1-3-7-12/h1-11H,(H2,19,20,22,23). The lowest BCUT2D eigenvalue weighted by atomic mass is 10.1. The SMILES string of the molecule is S=C(Nc1ccc(-c2ccccc2)nn1)Nc1ccccc1Cl. The lowest BCUT2D eigenvalue weighted by molar-refractivity contribution is 1.05. The summed E-state index contributed by atoms with van der Waals surface area (Å²) in [5, 5.41) is 15.3. The summed E-state index contributed by atoms with van der Waals surface area (Å²) >= 11 is 11.3. The van der Waals surface area contributed by atoms with Crippen LogP contribution in [0.4, 0.5) is 11.5 Å². The van der Waals surface area contributed by atoms with Crippen LogP contribution in [0.1, 0.15) is 0 Å². The predicted octanol–water partition coefficient (Wildman–Crippen LogP) is 4.61. The van der Waals surface area contributed by atoms with E-state index in [0.29, 0.717) is 16.0 Å². The third-order valence-electron chi connectivity index (χ3n) is 3.10. The van der Waals surface area contributed by atoms with Gasteiger partial charge >= 0.3 is 0 Å². The zero-order chi connectivity index (χ0) is 16.1. The quantitative estimate of drug-likeness (QED) is 0.682. The molecule has 1 aromatic heterocycles. The number of para-hydroxylation sites is 1. The number of nitrogens with one attached hydrogen (secondary N) is 2. The zero-order valence-electron chi connectivity index (χ0n) is 12.0. The summed E-state index contributed by atoms with van der Waals surface area (Å²) in [6.45, 7) is 0. The molecule has 2 N–H and O–H groups in total. The minimum atomic E-state index is 0.403. The van der Waals surface area contributed by atoms with Gasteiger partial charge in [-0.2, -0.15) is 0 Å². The van der Waals surface area contributed by atoms with Gasteiger partial charge in [-0.05, 0) is 36.5 Å². The molecule has 114 valence electrons. The maximum Gasteiger partial charge on any atom is 0.176 e. The Bertz CT molecular complexity index is 806. The maximum atomic E-state index is 6.08. The fourth-order valence-electron chi connectivity index (χ4n) is 1.99. The first-order valence-corrected chi connectivity index (χ1v) is 7.73. The Morgan fingerprint density at radius 3 is 2.26 bits per heavy atom. The first-order chi connectivity index (χ1) is 11.2. The average Bonchev–Trinajstić information content (AvgIpc) is 2.58. The molecule has 6 heteroatoms. The molecule has 0 aliphatic heterocycles. The van der Waals surface area contributed by atoms with Crippen molar-refractivity contribution in [1.82, 2.24) is 10.2 Å². The van der Waals surface area contributed by atoms with Crippen molar-refractivity contribution in [3.8, 4) is 11.3 Å². The van der Waals surface area contributed by atoms with Crippen LogP contribution in [-0.4, -0.2) is 15.3 Å². The molecule has 3 rings (SSSR count). The fraction of sp³-hybridized carbons (Fsp3) is 0. The first kappa shape index (κ1) is 15.4. The van der Waals surface area contributed by atoms with Crippen molar-refractivity contribution in [1.29, 1.82) is 0 Å². The van der Waals surface area contributed by atoms with Crippen molar-refractivity contribution in [3.05, 3.63) is 71.8 Å². The van der Waals surface area contributed by atoms with Gasteiger partial charge in [-0.25, -0.2) is 0 Å². The molecule has 0 saturated carbocycles. The van der Waals surface area contributed by atoms with Crippen LogP contribution in [0.2, 0.25) is 5.02 Å². The van der Waals surface area contributed by atoms with Crippen LogP contribution in [0.15, 0.2) is 66.7 Å². The lowest BCUT2D eigenvalue weighted by Crippen LogP contribution is -2.20. The van der Waals surface area contributed by atoms with Crippen LogP contribution in [0.5, 0.6) is 0 Å². The molecule has 3 aromatic rings. The van der Waals surface area contributed by atoms with Crippen LogP contribution in [0.3, 0.4) is 0 Å². The van der Waals surface area contributed by atoms with E-state index < -0.39 is 0 Å². The van der Waals surface area contributed by atoms with Crippen LogP contribution < -0.4 is 10.6 Å². The highest BCUT2D eigenvalue weighted by Gasteiger charge is 2.04. The molecule has 4 nitrogen and oxygen atoms in total. The highest BCUT2D eigenvalue weighted by molar-refractivity contribution is 7.80. The van der Waals surface area contributed by atoms with E-state index in [2.05, 4.69) is 20.8 Å². The second kappa shape index (κ2) is 7.17. The van der Waals surface area contributed by atoms with Gasteiger partial charge < -0.3 is 10.6 Å². The highest BCUT2D eigenvalue weighted by Crippen LogP contribution is 2.21. The van der Waals surface area contributed by atoms with Crippen molar-refractivity contribution < 1.29 is 0 Å². The molecule has 0 atom stereocenters. The van der Waals surface area contributed by atoms with Gasteiger partial charge in [0.05, 0.1) is 16.4 Å². The Balaban J connectivity index is 1.66. The van der Waals surface area contributed by atoms with Crippen LogP contribution in [-0.2, 0) is 0 Å². The molecular weight excluding hydrogens is 328 g/mol. The van der Waals surface area contributed by atoms with Gasteiger partial charge in [0.15, 0.2) is 10.9 Å². The number of hydrogen-bond acceptors (Lipinski definition) is 3. The Labute approximate surface area is 144 Å². The Morgan fingerprint density at radius 2 is 1.57 bits per heavy atom. The summed E-state index contributed by atoms with van der Waals surface area (Å²) in [5.41, 5.74) is 2.56. The first-order valence-electron chi connectivity index (χ1n) is 6.94. The Kier molecular flexibility index (Phi) is 4.80. The number of benzene rings is 2. The van der Waals surface area contributed by atoms with Crippen molar-refractivity contribution in [2.75, 3.05) is 10.6 Å². The molecule has 0 saturated heterocycles. The van der Waals surface area contributed by atoms with Crippen molar-refractivity contribution >= 4 is 40.4 Å². The van der Waals surface area contributed by atoms with Gasteiger partial charge in [0.2, 0.25) is 0 Å². The van der Waals surface area contributed by atoms with Gasteiger partial charge in [-0.1, -0.05) is 54.1 Å². The number of halogens is 1. The summed E-state index contributed by atoms with van der Waals surface area (Å²) in [7, 11) is 0.